The number of aromatic nitrogens is 1. The molecule has 0 aliphatic heterocycles. The van der Waals surface area contributed by atoms with Crippen LogP contribution >= 0.6 is 11.3 Å². The standard InChI is InChI=1S/C24H31N3O4S2/c1-16(2)14-27(15-17(3)4)33(29,30)20-11-12-21-22(13-20)32-24(25-21)26-23(28)18(5)31-19-9-7-6-8-10-19/h6-13,16-18H,14-15H2,1-5H3,(H,25,26,28). The zero-order valence-corrected chi connectivity index (χ0v) is 21.2. The molecule has 9 heteroatoms. The summed E-state index contributed by atoms with van der Waals surface area (Å²) in [5, 5.41) is 3.17. The highest BCUT2D eigenvalue weighted by Gasteiger charge is 2.26. The highest BCUT2D eigenvalue weighted by atomic mass is 32.2. The Hall–Kier alpha value is -2.49. The molecule has 0 radical (unpaired) electrons. The molecule has 0 saturated heterocycles. The van der Waals surface area contributed by atoms with Gasteiger partial charge in [-0.1, -0.05) is 57.2 Å². The largest absolute Gasteiger partial charge is 0.481 e. The number of fused-ring (bicyclic) bond motifs is 1. The van der Waals surface area contributed by atoms with Crippen molar-refractivity contribution in [2.75, 3.05) is 18.4 Å². The summed E-state index contributed by atoms with van der Waals surface area (Å²) < 4.78 is 34.5. The van der Waals surface area contributed by atoms with Crippen molar-refractivity contribution in [2.45, 2.75) is 45.6 Å². The van der Waals surface area contributed by atoms with Gasteiger partial charge in [-0.3, -0.25) is 10.1 Å². The number of anilines is 1. The third-order valence-corrected chi connectivity index (χ3v) is 7.55. The van der Waals surface area contributed by atoms with Gasteiger partial charge in [0.2, 0.25) is 10.0 Å². The second-order valence-corrected chi connectivity index (χ2v) is 11.8. The first-order chi connectivity index (χ1) is 15.6. The van der Waals surface area contributed by atoms with Crippen molar-refractivity contribution >= 4 is 42.6 Å². The molecule has 7 nitrogen and oxygen atoms in total. The summed E-state index contributed by atoms with van der Waals surface area (Å²) in [5.41, 5.74) is 0.630. The quantitative estimate of drug-likeness (QED) is 0.433. The molecule has 1 atom stereocenters. The number of carbonyl (C=O) groups is 1. The van der Waals surface area contributed by atoms with Crippen LogP contribution in [0.3, 0.4) is 0 Å². The van der Waals surface area contributed by atoms with Crippen LogP contribution in [0.5, 0.6) is 5.75 Å². The number of amides is 1. The molecule has 0 fully saturated rings. The van der Waals surface area contributed by atoms with Crippen molar-refractivity contribution in [3.05, 3.63) is 48.5 Å². The smallest absolute Gasteiger partial charge is 0.266 e. The fourth-order valence-corrected chi connectivity index (χ4v) is 6.09. The number of sulfonamides is 1. The summed E-state index contributed by atoms with van der Waals surface area (Å²) in [6.45, 7) is 10.6. The topological polar surface area (TPSA) is 88.6 Å². The number of nitrogens with zero attached hydrogens (tertiary/aromatic N) is 2. The lowest BCUT2D eigenvalue weighted by Gasteiger charge is -2.25. The zero-order chi connectivity index (χ0) is 24.2. The molecule has 1 aromatic heterocycles. The Kier molecular flexibility index (Phi) is 8.10. The molecule has 178 valence electrons. The molecule has 33 heavy (non-hydrogen) atoms. The summed E-state index contributed by atoms with van der Waals surface area (Å²) in [6.07, 6.45) is -0.712. The van der Waals surface area contributed by atoms with E-state index < -0.39 is 16.1 Å². The minimum absolute atomic E-state index is 0.215. The van der Waals surface area contributed by atoms with Gasteiger partial charge in [-0.25, -0.2) is 13.4 Å². The van der Waals surface area contributed by atoms with E-state index in [9.17, 15) is 13.2 Å². The van der Waals surface area contributed by atoms with Crippen LogP contribution in [-0.2, 0) is 14.8 Å². The zero-order valence-electron chi connectivity index (χ0n) is 19.6. The molecule has 3 rings (SSSR count). The minimum atomic E-state index is -3.64. The maximum Gasteiger partial charge on any atom is 0.266 e. The van der Waals surface area contributed by atoms with Gasteiger partial charge in [-0.05, 0) is 49.1 Å². The Bertz CT molecular complexity index is 1180. The number of hydrogen-bond acceptors (Lipinski definition) is 6. The molecule has 1 amide bonds. The lowest BCUT2D eigenvalue weighted by molar-refractivity contribution is -0.122. The van der Waals surface area contributed by atoms with Crippen LogP contribution in [0.25, 0.3) is 10.2 Å². The van der Waals surface area contributed by atoms with E-state index in [4.69, 9.17) is 4.74 Å². The SMILES string of the molecule is CC(C)CN(CC(C)C)S(=O)(=O)c1ccc2nc(NC(=O)C(C)Oc3ccccc3)sc2c1. The lowest BCUT2D eigenvalue weighted by Crippen LogP contribution is -2.37. The first kappa shape index (κ1) is 25.1. The highest BCUT2D eigenvalue weighted by molar-refractivity contribution is 7.89. The third-order valence-electron chi connectivity index (χ3n) is 4.79. The van der Waals surface area contributed by atoms with Crippen molar-refractivity contribution in [1.82, 2.24) is 9.29 Å². The average Bonchev–Trinajstić information content (AvgIpc) is 3.14. The van der Waals surface area contributed by atoms with Gasteiger partial charge in [0.1, 0.15) is 5.75 Å². The van der Waals surface area contributed by atoms with Gasteiger partial charge in [-0.2, -0.15) is 4.31 Å². The third kappa shape index (κ3) is 6.52. The van der Waals surface area contributed by atoms with E-state index in [1.54, 1.807) is 41.6 Å². The molecule has 0 bridgehead atoms. The van der Waals surface area contributed by atoms with E-state index in [1.807, 2.05) is 45.9 Å². The van der Waals surface area contributed by atoms with E-state index >= 15 is 0 Å². The Morgan fingerprint density at radius 1 is 1.03 bits per heavy atom. The van der Waals surface area contributed by atoms with Crippen molar-refractivity contribution < 1.29 is 17.9 Å². The number of carbonyl (C=O) groups excluding carboxylic acids is 1. The number of rotatable bonds is 10. The van der Waals surface area contributed by atoms with Crippen LogP contribution in [0.1, 0.15) is 34.6 Å². The first-order valence-corrected chi connectivity index (χ1v) is 13.2. The summed E-state index contributed by atoms with van der Waals surface area (Å²) in [4.78, 5) is 17.2. The van der Waals surface area contributed by atoms with E-state index in [2.05, 4.69) is 10.3 Å². The first-order valence-electron chi connectivity index (χ1n) is 11.0. The number of hydrogen-bond donors (Lipinski definition) is 1. The summed E-state index contributed by atoms with van der Waals surface area (Å²) >= 11 is 1.24. The van der Waals surface area contributed by atoms with Crippen molar-refractivity contribution in [1.29, 1.82) is 0 Å². The van der Waals surface area contributed by atoms with Gasteiger partial charge in [0.15, 0.2) is 11.2 Å². The number of benzene rings is 2. The van der Waals surface area contributed by atoms with E-state index in [0.717, 1.165) is 0 Å². The molecule has 0 aliphatic rings. The number of thiazole rings is 1. The van der Waals surface area contributed by atoms with E-state index in [-0.39, 0.29) is 22.6 Å². The van der Waals surface area contributed by atoms with Crippen LogP contribution in [-0.4, -0.2) is 42.8 Å². The minimum Gasteiger partial charge on any atom is -0.481 e. The number of nitrogens with one attached hydrogen (secondary N) is 1. The second-order valence-electron chi connectivity index (χ2n) is 8.82. The predicted molar refractivity (Wildman–Crippen MR) is 133 cm³/mol. The number of ether oxygens (including phenoxy) is 1. The van der Waals surface area contributed by atoms with Gasteiger partial charge in [0, 0.05) is 13.1 Å². The number of para-hydroxylation sites is 1. The van der Waals surface area contributed by atoms with Crippen LogP contribution in [0.2, 0.25) is 0 Å². The molecule has 0 aliphatic carbocycles. The Balaban J connectivity index is 1.78. The summed E-state index contributed by atoms with van der Waals surface area (Å²) in [6, 6.07) is 14.0. The molecule has 0 spiro atoms. The van der Waals surface area contributed by atoms with Crippen molar-refractivity contribution in [3.63, 3.8) is 0 Å². The van der Waals surface area contributed by atoms with Crippen LogP contribution < -0.4 is 10.1 Å². The fourth-order valence-electron chi connectivity index (χ4n) is 3.32. The van der Waals surface area contributed by atoms with Crippen LogP contribution in [0.15, 0.2) is 53.4 Å². The molecule has 2 aromatic carbocycles. The van der Waals surface area contributed by atoms with Gasteiger partial charge >= 0.3 is 0 Å². The molecule has 1 unspecified atom stereocenters. The van der Waals surface area contributed by atoms with Crippen LogP contribution in [0.4, 0.5) is 5.13 Å². The van der Waals surface area contributed by atoms with Gasteiger partial charge in [0.25, 0.3) is 5.91 Å². The van der Waals surface area contributed by atoms with E-state index in [1.165, 1.54) is 11.3 Å². The average molecular weight is 490 g/mol. The molecule has 0 saturated carbocycles. The maximum absolute atomic E-state index is 13.3. The Morgan fingerprint density at radius 3 is 2.27 bits per heavy atom. The fraction of sp³-hybridized carbons (Fsp3) is 0.417. The Labute approximate surface area is 199 Å². The summed E-state index contributed by atoms with van der Waals surface area (Å²) in [5.74, 6) is 0.706. The molecular formula is C24H31N3O4S2. The molecule has 1 heterocycles. The molecular weight excluding hydrogens is 458 g/mol. The predicted octanol–water partition coefficient (Wildman–Crippen LogP) is 5.01. The van der Waals surface area contributed by atoms with Gasteiger partial charge in [0.05, 0.1) is 15.1 Å². The lowest BCUT2D eigenvalue weighted by atomic mass is 10.2. The van der Waals surface area contributed by atoms with Crippen molar-refractivity contribution in [3.8, 4) is 5.75 Å². The Morgan fingerprint density at radius 2 is 1.67 bits per heavy atom. The monoisotopic (exact) mass is 489 g/mol. The normalized spacial score (nSPS) is 13.1. The van der Waals surface area contributed by atoms with Crippen molar-refractivity contribution in [2.24, 2.45) is 11.8 Å². The van der Waals surface area contributed by atoms with Gasteiger partial charge in [-0.15, -0.1) is 0 Å². The second kappa shape index (κ2) is 10.6. The van der Waals surface area contributed by atoms with Crippen LogP contribution in [0, 0.1) is 11.8 Å². The highest BCUT2D eigenvalue weighted by Crippen LogP contribution is 2.30. The molecule has 1 N–H and O–H groups in total. The molecule has 3 aromatic rings. The van der Waals surface area contributed by atoms with E-state index in [0.29, 0.717) is 34.2 Å². The summed E-state index contributed by atoms with van der Waals surface area (Å²) in [7, 11) is -3.64. The van der Waals surface area contributed by atoms with Gasteiger partial charge < -0.3 is 4.74 Å². The maximum atomic E-state index is 13.3.